The number of ether oxygens (including phenoxy) is 3. The fraction of sp³-hybridized carbons (Fsp3) is 0.292. The largest absolute Gasteiger partial charge is 0.454 e. The number of carbonyl (C=O) groups is 1. The lowest BCUT2D eigenvalue weighted by Crippen LogP contribution is -2.33. The van der Waals surface area contributed by atoms with Gasteiger partial charge in [0.15, 0.2) is 11.5 Å². The van der Waals surface area contributed by atoms with Crippen molar-refractivity contribution >= 4 is 17.6 Å². The Morgan fingerprint density at radius 2 is 1.81 bits per heavy atom. The summed E-state index contributed by atoms with van der Waals surface area (Å²) in [5, 5.41) is 6.07. The fourth-order valence-corrected chi connectivity index (χ4v) is 3.17. The number of carbonyl (C=O) groups excluding carboxylic acids is 1. The molecular weight excluding hydrogens is 408 g/mol. The van der Waals surface area contributed by atoms with E-state index in [1.165, 1.54) is 6.33 Å². The molecule has 32 heavy (non-hydrogen) atoms. The highest BCUT2D eigenvalue weighted by molar-refractivity contribution is 5.68. The van der Waals surface area contributed by atoms with E-state index in [-0.39, 0.29) is 6.79 Å². The van der Waals surface area contributed by atoms with Gasteiger partial charge in [-0.05, 0) is 63.1 Å². The lowest BCUT2D eigenvalue weighted by atomic mass is 10.1. The van der Waals surface area contributed by atoms with Crippen LogP contribution in [0.5, 0.6) is 11.5 Å². The van der Waals surface area contributed by atoms with Crippen LogP contribution in [-0.2, 0) is 11.2 Å². The third kappa shape index (κ3) is 5.66. The second-order valence-electron chi connectivity index (χ2n) is 8.36. The first-order valence-corrected chi connectivity index (χ1v) is 10.4. The third-order valence-electron chi connectivity index (χ3n) is 4.64. The van der Waals surface area contributed by atoms with Crippen molar-refractivity contribution in [1.29, 1.82) is 0 Å². The minimum absolute atomic E-state index is 0.239. The van der Waals surface area contributed by atoms with Crippen molar-refractivity contribution in [3.63, 3.8) is 0 Å². The first-order chi connectivity index (χ1) is 15.4. The molecule has 0 saturated carbocycles. The Kier molecular flexibility index (Phi) is 6.11. The molecule has 8 nitrogen and oxygen atoms in total. The Labute approximate surface area is 187 Å². The molecule has 166 valence electrons. The van der Waals surface area contributed by atoms with E-state index in [1.807, 2.05) is 69.3 Å². The number of hydrogen-bond acceptors (Lipinski definition) is 7. The van der Waals surface area contributed by atoms with Gasteiger partial charge in [-0.25, -0.2) is 14.8 Å². The number of benzene rings is 2. The van der Waals surface area contributed by atoms with Gasteiger partial charge in [-0.15, -0.1) is 0 Å². The molecule has 1 aromatic heterocycles. The number of aromatic nitrogens is 2. The molecular formula is C24H26N4O4. The van der Waals surface area contributed by atoms with Gasteiger partial charge in [0.1, 0.15) is 17.7 Å². The van der Waals surface area contributed by atoms with Gasteiger partial charge in [0, 0.05) is 23.9 Å². The Morgan fingerprint density at radius 3 is 2.59 bits per heavy atom. The van der Waals surface area contributed by atoms with Crippen LogP contribution in [0.4, 0.5) is 16.3 Å². The lowest BCUT2D eigenvalue weighted by molar-refractivity contribution is 0.0528. The van der Waals surface area contributed by atoms with Gasteiger partial charge in [0.05, 0.1) is 5.69 Å². The monoisotopic (exact) mass is 434 g/mol. The van der Waals surface area contributed by atoms with Crippen molar-refractivity contribution < 1.29 is 19.0 Å². The van der Waals surface area contributed by atoms with E-state index in [2.05, 4.69) is 20.6 Å². The molecule has 2 aromatic carbocycles. The maximum absolute atomic E-state index is 11.7. The molecule has 1 aliphatic heterocycles. The smallest absolute Gasteiger partial charge is 0.407 e. The quantitative estimate of drug-likeness (QED) is 0.581. The average Bonchev–Trinajstić information content (AvgIpc) is 3.22. The summed E-state index contributed by atoms with van der Waals surface area (Å²) in [6.07, 6.45) is 1.83. The molecule has 3 aromatic rings. The van der Waals surface area contributed by atoms with Crippen LogP contribution in [0.15, 0.2) is 54.9 Å². The molecule has 2 N–H and O–H groups in total. The second-order valence-corrected chi connectivity index (χ2v) is 8.36. The molecule has 0 aliphatic carbocycles. The van der Waals surface area contributed by atoms with E-state index in [0.29, 0.717) is 24.5 Å². The third-order valence-corrected chi connectivity index (χ3v) is 4.64. The van der Waals surface area contributed by atoms with Gasteiger partial charge in [-0.2, -0.15) is 0 Å². The minimum Gasteiger partial charge on any atom is -0.454 e. The summed E-state index contributed by atoms with van der Waals surface area (Å²) in [6, 6.07) is 15.6. The minimum atomic E-state index is -0.499. The highest BCUT2D eigenvalue weighted by atomic mass is 16.7. The molecule has 2 heterocycles. The van der Waals surface area contributed by atoms with Crippen molar-refractivity contribution in [1.82, 2.24) is 15.3 Å². The van der Waals surface area contributed by atoms with Crippen LogP contribution in [0.2, 0.25) is 0 Å². The van der Waals surface area contributed by atoms with Crippen molar-refractivity contribution in [3.8, 4) is 22.8 Å². The molecule has 4 rings (SSSR count). The lowest BCUT2D eigenvalue weighted by Gasteiger charge is -2.19. The predicted octanol–water partition coefficient (Wildman–Crippen LogP) is 4.68. The van der Waals surface area contributed by atoms with E-state index in [1.54, 1.807) is 0 Å². The molecule has 0 atom stereocenters. The molecule has 0 fully saturated rings. The molecule has 1 amide bonds. The Bertz CT molecular complexity index is 1090. The average molecular weight is 434 g/mol. The molecule has 1 aliphatic rings. The van der Waals surface area contributed by atoms with Crippen LogP contribution >= 0.6 is 0 Å². The number of alkyl carbamates (subject to hydrolysis) is 1. The van der Waals surface area contributed by atoms with E-state index in [0.717, 1.165) is 28.3 Å². The van der Waals surface area contributed by atoms with Crippen LogP contribution in [0.1, 0.15) is 26.3 Å². The van der Waals surface area contributed by atoms with Crippen LogP contribution in [-0.4, -0.2) is 35.0 Å². The van der Waals surface area contributed by atoms with Crippen molar-refractivity contribution in [2.24, 2.45) is 0 Å². The molecule has 0 spiro atoms. The highest BCUT2D eigenvalue weighted by Crippen LogP contribution is 2.35. The van der Waals surface area contributed by atoms with Gasteiger partial charge < -0.3 is 24.8 Å². The maximum Gasteiger partial charge on any atom is 0.407 e. The normalized spacial score (nSPS) is 12.3. The van der Waals surface area contributed by atoms with Crippen LogP contribution < -0.4 is 20.1 Å². The van der Waals surface area contributed by atoms with E-state index < -0.39 is 11.7 Å². The van der Waals surface area contributed by atoms with E-state index in [4.69, 9.17) is 14.2 Å². The SMILES string of the molecule is CC(C)(C)OC(=O)NCCc1ccc(Nc2cc(-c3ccc4c(c3)OCO4)ncn2)cc1. The summed E-state index contributed by atoms with van der Waals surface area (Å²) in [5.41, 5.74) is 3.22. The zero-order valence-corrected chi connectivity index (χ0v) is 18.3. The maximum atomic E-state index is 11.7. The predicted molar refractivity (Wildman–Crippen MR) is 121 cm³/mol. The summed E-state index contributed by atoms with van der Waals surface area (Å²) in [6.45, 7) is 6.27. The summed E-state index contributed by atoms with van der Waals surface area (Å²) in [5.74, 6) is 2.14. The van der Waals surface area contributed by atoms with Crippen LogP contribution in [0.25, 0.3) is 11.3 Å². The topological polar surface area (TPSA) is 94.6 Å². The van der Waals surface area contributed by atoms with Gasteiger partial charge >= 0.3 is 6.09 Å². The number of fused-ring (bicyclic) bond motifs is 1. The zero-order chi connectivity index (χ0) is 22.6. The Hall–Kier alpha value is -3.81. The number of nitrogens with zero attached hydrogens (tertiary/aromatic N) is 2. The Morgan fingerprint density at radius 1 is 1.03 bits per heavy atom. The fourth-order valence-electron chi connectivity index (χ4n) is 3.17. The molecule has 0 bridgehead atoms. The van der Waals surface area contributed by atoms with Gasteiger partial charge in [-0.3, -0.25) is 0 Å². The van der Waals surface area contributed by atoms with Gasteiger partial charge in [0.2, 0.25) is 6.79 Å². The molecule has 0 saturated heterocycles. The summed E-state index contributed by atoms with van der Waals surface area (Å²) in [4.78, 5) is 20.4. The second kappa shape index (κ2) is 9.13. The van der Waals surface area contributed by atoms with Crippen LogP contribution in [0.3, 0.4) is 0 Å². The van der Waals surface area contributed by atoms with Gasteiger partial charge in [0.25, 0.3) is 0 Å². The highest BCUT2D eigenvalue weighted by Gasteiger charge is 2.16. The number of nitrogens with one attached hydrogen (secondary N) is 2. The van der Waals surface area contributed by atoms with Crippen LogP contribution in [0, 0.1) is 0 Å². The van der Waals surface area contributed by atoms with Crippen molar-refractivity contribution in [2.75, 3.05) is 18.7 Å². The number of rotatable bonds is 6. The molecule has 8 heteroatoms. The number of hydrogen-bond donors (Lipinski definition) is 2. The van der Waals surface area contributed by atoms with Crippen molar-refractivity contribution in [2.45, 2.75) is 32.8 Å². The first kappa shape index (κ1) is 21.4. The van der Waals surface area contributed by atoms with Crippen molar-refractivity contribution in [3.05, 3.63) is 60.4 Å². The Balaban J connectivity index is 1.34. The number of anilines is 2. The standard InChI is InChI=1S/C24H26N4O4/c1-24(2,3)32-23(29)25-11-10-16-4-7-18(8-5-16)28-22-13-19(26-14-27-22)17-6-9-20-21(12-17)31-15-30-20/h4-9,12-14H,10-11,15H2,1-3H3,(H,25,29)(H,26,27,28). The zero-order valence-electron chi connectivity index (χ0n) is 18.3. The summed E-state index contributed by atoms with van der Waals surface area (Å²) >= 11 is 0. The summed E-state index contributed by atoms with van der Waals surface area (Å²) in [7, 11) is 0. The van der Waals surface area contributed by atoms with E-state index in [9.17, 15) is 4.79 Å². The molecule has 0 radical (unpaired) electrons. The first-order valence-electron chi connectivity index (χ1n) is 10.4. The number of amides is 1. The summed E-state index contributed by atoms with van der Waals surface area (Å²) < 4.78 is 16.1. The molecule has 0 unspecified atom stereocenters. The van der Waals surface area contributed by atoms with E-state index >= 15 is 0 Å². The van der Waals surface area contributed by atoms with Gasteiger partial charge in [-0.1, -0.05) is 12.1 Å².